The normalized spacial score (nSPS) is 21.6. The van der Waals surface area contributed by atoms with Gasteiger partial charge in [0, 0.05) is 44.5 Å². The Kier molecular flexibility index (Phi) is 5.48. The number of carbonyl (C=O) groups excluding carboxylic acids is 3. The molecule has 0 aliphatic carbocycles. The van der Waals surface area contributed by atoms with Gasteiger partial charge in [-0.05, 0) is 36.8 Å². The third kappa shape index (κ3) is 3.90. The summed E-state index contributed by atoms with van der Waals surface area (Å²) in [4.78, 5) is 45.4. The maximum atomic E-state index is 13.5. The van der Waals surface area contributed by atoms with Gasteiger partial charge in [0.15, 0.2) is 5.78 Å². The van der Waals surface area contributed by atoms with Gasteiger partial charge in [-0.25, -0.2) is 4.39 Å². The molecule has 1 aromatic heterocycles. The van der Waals surface area contributed by atoms with E-state index in [9.17, 15) is 18.8 Å². The van der Waals surface area contributed by atoms with Gasteiger partial charge in [0.1, 0.15) is 11.4 Å². The number of anilines is 1. The molecule has 0 bridgehead atoms. The molecule has 2 saturated heterocycles. The number of nitrogens with zero attached hydrogens (tertiary/aromatic N) is 3. The maximum Gasteiger partial charge on any atom is 0.228 e. The molecule has 0 saturated carbocycles. The molecule has 4 rings (SSSR count). The van der Waals surface area contributed by atoms with Crippen molar-refractivity contribution in [3.05, 3.63) is 60.2 Å². The zero-order valence-electron chi connectivity index (χ0n) is 16.5. The molecule has 2 aliphatic rings. The predicted molar refractivity (Wildman–Crippen MR) is 108 cm³/mol. The van der Waals surface area contributed by atoms with Gasteiger partial charge in [0.2, 0.25) is 11.8 Å². The summed E-state index contributed by atoms with van der Waals surface area (Å²) in [5.41, 5.74) is 0.0252. The fourth-order valence-corrected chi connectivity index (χ4v) is 4.14. The minimum absolute atomic E-state index is 0.0712. The van der Waals surface area contributed by atoms with Gasteiger partial charge in [-0.1, -0.05) is 12.1 Å². The first kappa shape index (κ1) is 20.0. The van der Waals surface area contributed by atoms with E-state index in [0.717, 1.165) is 5.69 Å². The van der Waals surface area contributed by atoms with Crippen LogP contribution >= 0.6 is 0 Å². The Morgan fingerprint density at radius 1 is 1.10 bits per heavy atom. The quantitative estimate of drug-likeness (QED) is 0.758. The molecule has 2 fully saturated rings. The molecule has 3 heterocycles. The predicted octanol–water partition coefficient (Wildman–Crippen LogP) is 1.63. The van der Waals surface area contributed by atoms with Gasteiger partial charge in [-0.3, -0.25) is 19.4 Å². The van der Waals surface area contributed by atoms with Gasteiger partial charge in [0.25, 0.3) is 0 Å². The van der Waals surface area contributed by atoms with Crippen molar-refractivity contribution in [3.8, 4) is 0 Å². The lowest BCUT2D eigenvalue weighted by atomic mass is 9.86. The SMILES string of the molecule is O=C1CC(=O)C(CCC(=O)N2CCN(c3cccc(F)c3)CC2)(c2ccccn2)N1. The summed E-state index contributed by atoms with van der Waals surface area (Å²) in [5.74, 6) is -0.955. The van der Waals surface area contributed by atoms with E-state index in [2.05, 4.69) is 10.3 Å². The molecule has 2 aliphatic heterocycles. The standard InChI is InChI=1S/C22H23FN4O3/c23-16-4-3-5-17(14-16)26-10-12-27(13-11-26)21(30)7-8-22(18-6-1-2-9-24-18)19(28)15-20(29)25-22/h1-6,9,14H,7-8,10-13,15H2,(H,25,29). The van der Waals surface area contributed by atoms with Gasteiger partial charge < -0.3 is 15.1 Å². The number of ketones is 1. The fourth-order valence-electron chi connectivity index (χ4n) is 4.14. The molecule has 7 nitrogen and oxygen atoms in total. The van der Waals surface area contributed by atoms with Crippen molar-refractivity contribution < 1.29 is 18.8 Å². The van der Waals surface area contributed by atoms with Crippen LogP contribution in [-0.2, 0) is 19.9 Å². The first-order valence-corrected chi connectivity index (χ1v) is 10.0. The molecule has 1 atom stereocenters. The molecule has 0 spiro atoms. The van der Waals surface area contributed by atoms with Crippen LogP contribution in [0, 0.1) is 5.82 Å². The van der Waals surface area contributed by atoms with Gasteiger partial charge in [0.05, 0.1) is 12.1 Å². The highest BCUT2D eigenvalue weighted by atomic mass is 19.1. The Labute approximate surface area is 173 Å². The van der Waals surface area contributed by atoms with Crippen molar-refractivity contribution in [2.75, 3.05) is 31.1 Å². The van der Waals surface area contributed by atoms with E-state index in [1.54, 1.807) is 35.4 Å². The van der Waals surface area contributed by atoms with Crippen LogP contribution in [0.5, 0.6) is 0 Å². The zero-order chi connectivity index (χ0) is 21.1. The number of hydrogen-bond donors (Lipinski definition) is 1. The van der Waals surface area contributed by atoms with Gasteiger partial charge >= 0.3 is 0 Å². The van der Waals surface area contributed by atoms with Crippen LogP contribution in [0.15, 0.2) is 48.7 Å². The molecule has 1 unspecified atom stereocenters. The lowest BCUT2D eigenvalue weighted by Crippen LogP contribution is -2.50. The molecule has 8 heteroatoms. The van der Waals surface area contributed by atoms with E-state index in [4.69, 9.17) is 0 Å². The van der Waals surface area contributed by atoms with Crippen LogP contribution in [0.2, 0.25) is 0 Å². The summed E-state index contributed by atoms with van der Waals surface area (Å²) in [6, 6.07) is 11.6. The summed E-state index contributed by atoms with van der Waals surface area (Å²) in [5, 5.41) is 2.76. The van der Waals surface area contributed by atoms with Crippen molar-refractivity contribution in [3.63, 3.8) is 0 Å². The van der Waals surface area contributed by atoms with Crippen LogP contribution < -0.4 is 10.2 Å². The third-order valence-corrected chi connectivity index (χ3v) is 5.77. The molecule has 0 radical (unpaired) electrons. The number of aromatic nitrogens is 1. The molecule has 1 N–H and O–H groups in total. The van der Waals surface area contributed by atoms with E-state index in [1.807, 2.05) is 11.0 Å². The first-order valence-electron chi connectivity index (χ1n) is 10.0. The molecule has 2 aromatic rings. The minimum atomic E-state index is -1.24. The summed E-state index contributed by atoms with van der Waals surface area (Å²) >= 11 is 0. The summed E-state index contributed by atoms with van der Waals surface area (Å²) < 4.78 is 13.5. The lowest BCUT2D eigenvalue weighted by Gasteiger charge is -2.36. The number of pyridine rings is 1. The van der Waals surface area contributed by atoms with Crippen LogP contribution in [0.25, 0.3) is 0 Å². The third-order valence-electron chi connectivity index (χ3n) is 5.77. The number of piperazine rings is 1. The lowest BCUT2D eigenvalue weighted by molar-refractivity contribution is -0.132. The molecule has 1 aromatic carbocycles. The van der Waals surface area contributed by atoms with E-state index in [0.29, 0.717) is 31.9 Å². The number of hydrogen-bond acceptors (Lipinski definition) is 5. The summed E-state index contributed by atoms with van der Waals surface area (Å²) in [6.45, 7) is 2.25. The number of Topliss-reactive ketones (excluding diaryl/α,β-unsaturated/α-hetero) is 1. The highest BCUT2D eigenvalue weighted by Crippen LogP contribution is 2.32. The van der Waals surface area contributed by atoms with Crippen molar-refractivity contribution >= 4 is 23.3 Å². The number of benzene rings is 1. The van der Waals surface area contributed by atoms with E-state index < -0.39 is 5.54 Å². The van der Waals surface area contributed by atoms with Crippen molar-refractivity contribution in [2.24, 2.45) is 0 Å². The Morgan fingerprint density at radius 3 is 2.53 bits per heavy atom. The number of halogens is 1. The van der Waals surface area contributed by atoms with E-state index in [1.165, 1.54) is 12.1 Å². The second-order valence-electron chi connectivity index (χ2n) is 7.62. The summed E-state index contributed by atoms with van der Waals surface area (Å²) in [7, 11) is 0. The largest absolute Gasteiger partial charge is 0.368 e. The highest BCUT2D eigenvalue weighted by molar-refractivity contribution is 6.10. The Balaban J connectivity index is 1.39. The first-order chi connectivity index (χ1) is 14.5. The van der Waals surface area contributed by atoms with Crippen LogP contribution in [-0.4, -0.2) is 53.7 Å². The molecule has 30 heavy (non-hydrogen) atoms. The monoisotopic (exact) mass is 410 g/mol. The molecular formula is C22H23FN4O3. The molecular weight excluding hydrogens is 387 g/mol. The van der Waals surface area contributed by atoms with Crippen molar-refractivity contribution in [1.82, 2.24) is 15.2 Å². The van der Waals surface area contributed by atoms with Crippen molar-refractivity contribution in [1.29, 1.82) is 0 Å². The summed E-state index contributed by atoms with van der Waals surface area (Å²) in [6.07, 6.45) is 1.68. The van der Waals surface area contributed by atoms with Crippen LogP contribution in [0.3, 0.4) is 0 Å². The number of amides is 2. The average molecular weight is 410 g/mol. The van der Waals surface area contributed by atoms with Crippen molar-refractivity contribution in [2.45, 2.75) is 24.8 Å². The van der Waals surface area contributed by atoms with Crippen LogP contribution in [0.1, 0.15) is 25.0 Å². The zero-order valence-corrected chi connectivity index (χ0v) is 16.5. The number of nitrogens with one attached hydrogen (secondary N) is 1. The molecule has 2 amide bonds. The second kappa shape index (κ2) is 8.22. The average Bonchev–Trinajstić information content (AvgIpc) is 3.06. The topological polar surface area (TPSA) is 82.6 Å². The Bertz CT molecular complexity index is 960. The Morgan fingerprint density at radius 2 is 1.90 bits per heavy atom. The maximum absolute atomic E-state index is 13.5. The molecule has 156 valence electrons. The van der Waals surface area contributed by atoms with E-state index >= 15 is 0 Å². The second-order valence-corrected chi connectivity index (χ2v) is 7.62. The van der Waals surface area contributed by atoms with Gasteiger partial charge in [-0.15, -0.1) is 0 Å². The number of carbonyl (C=O) groups is 3. The van der Waals surface area contributed by atoms with E-state index in [-0.39, 0.29) is 42.7 Å². The fraction of sp³-hybridized carbons (Fsp3) is 0.364. The smallest absolute Gasteiger partial charge is 0.228 e. The highest BCUT2D eigenvalue weighted by Gasteiger charge is 2.48. The Hall–Kier alpha value is -3.29. The number of rotatable bonds is 5. The minimum Gasteiger partial charge on any atom is -0.368 e. The van der Waals surface area contributed by atoms with Gasteiger partial charge in [-0.2, -0.15) is 0 Å². The van der Waals surface area contributed by atoms with Crippen LogP contribution in [0.4, 0.5) is 10.1 Å².